The van der Waals surface area contributed by atoms with Crippen LogP contribution in [0.1, 0.15) is 12.5 Å². The summed E-state index contributed by atoms with van der Waals surface area (Å²) < 4.78 is 35.9. The van der Waals surface area contributed by atoms with Crippen molar-refractivity contribution in [3.05, 3.63) is 45.8 Å². The van der Waals surface area contributed by atoms with Crippen LogP contribution in [0.25, 0.3) is 11.2 Å². The molecule has 0 amide bonds. The Labute approximate surface area is 216 Å². The van der Waals surface area contributed by atoms with Gasteiger partial charge in [-0.3, -0.25) is 28.0 Å². The highest BCUT2D eigenvalue weighted by Gasteiger charge is 2.50. The Morgan fingerprint density at radius 2 is 1.77 bits per heavy atom. The summed E-state index contributed by atoms with van der Waals surface area (Å²) >= 11 is 0. The molecular formula is C19H24N7O12P. The van der Waals surface area contributed by atoms with Crippen LogP contribution in [-0.4, -0.2) is 104 Å². The number of nitrogens with one attached hydrogen (secondary N) is 1. The summed E-state index contributed by atoms with van der Waals surface area (Å²) in [7, 11) is -5.01. The van der Waals surface area contributed by atoms with Gasteiger partial charge in [-0.05, 0) is 0 Å². The van der Waals surface area contributed by atoms with Crippen LogP contribution >= 0.6 is 7.82 Å². The fourth-order valence-corrected chi connectivity index (χ4v) is 5.32. The van der Waals surface area contributed by atoms with Gasteiger partial charge in [-0.2, -0.15) is 0 Å². The summed E-state index contributed by atoms with van der Waals surface area (Å²) in [4.78, 5) is 47.5. The number of aromatic nitrogens is 6. The largest absolute Gasteiger partial charge is 0.472 e. The van der Waals surface area contributed by atoms with Gasteiger partial charge >= 0.3 is 13.5 Å². The molecule has 19 nitrogen and oxygen atoms in total. The van der Waals surface area contributed by atoms with Crippen LogP contribution < -0.4 is 17.0 Å². The van der Waals surface area contributed by atoms with E-state index in [0.29, 0.717) is 0 Å². The maximum Gasteiger partial charge on any atom is 0.472 e. The summed E-state index contributed by atoms with van der Waals surface area (Å²) in [5.41, 5.74) is 4.56. The first-order valence-electron chi connectivity index (χ1n) is 11.4. The van der Waals surface area contributed by atoms with E-state index in [1.54, 1.807) is 0 Å². The number of aromatic amines is 1. The first-order valence-corrected chi connectivity index (χ1v) is 12.9. The molecule has 0 radical (unpaired) electrons. The molecular weight excluding hydrogens is 549 g/mol. The van der Waals surface area contributed by atoms with Gasteiger partial charge in [0.15, 0.2) is 23.9 Å². The number of nitrogen functional groups attached to an aromatic ring is 1. The zero-order valence-corrected chi connectivity index (χ0v) is 20.6. The summed E-state index contributed by atoms with van der Waals surface area (Å²) in [6.45, 7) is -1.51. The minimum absolute atomic E-state index is 0.0695. The Balaban J connectivity index is 1.26. The summed E-state index contributed by atoms with van der Waals surface area (Å²) in [5.74, 6) is 0.0695. The molecule has 0 spiro atoms. The van der Waals surface area contributed by atoms with Gasteiger partial charge in [0.1, 0.15) is 48.5 Å². The molecule has 5 rings (SSSR count). The van der Waals surface area contributed by atoms with Gasteiger partial charge in [0.05, 0.1) is 19.5 Å². The number of nitrogens with zero attached hydrogens (tertiary/aromatic N) is 5. The van der Waals surface area contributed by atoms with Crippen molar-refractivity contribution >= 4 is 24.8 Å². The van der Waals surface area contributed by atoms with Gasteiger partial charge in [-0.15, -0.1) is 0 Å². The second-order valence-electron chi connectivity index (χ2n) is 8.72. The summed E-state index contributed by atoms with van der Waals surface area (Å²) in [5, 5.41) is 41.2. The van der Waals surface area contributed by atoms with E-state index in [4.69, 9.17) is 24.3 Å². The maximum atomic E-state index is 12.7. The highest BCUT2D eigenvalue weighted by atomic mass is 31.2. The Morgan fingerprint density at radius 3 is 2.49 bits per heavy atom. The van der Waals surface area contributed by atoms with E-state index < -0.39 is 81.4 Å². The van der Waals surface area contributed by atoms with Crippen LogP contribution in [0.5, 0.6) is 0 Å². The molecule has 0 bridgehead atoms. The maximum absolute atomic E-state index is 12.7. The zero-order valence-electron chi connectivity index (χ0n) is 19.7. The molecule has 3 aromatic rings. The number of aliphatic hydroxyl groups excluding tert-OH is 4. The van der Waals surface area contributed by atoms with Crippen molar-refractivity contribution < 1.29 is 48.4 Å². The van der Waals surface area contributed by atoms with Crippen LogP contribution in [-0.2, 0) is 23.1 Å². The van der Waals surface area contributed by atoms with Crippen molar-refractivity contribution in [2.24, 2.45) is 0 Å². The van der Waals surface area contributed by atoms with Gasteiger partial charge < -0.3 is 40.5 Å². The van der Waals surface area contributed by atoms with Gasteiger partial charge in [-0.25, -0.2) is 24.3 Å². The fraction of sp³-hybridized carbons (Fsp3) is 0.526. The number of aliphatic hydroxyl groups is 4. The van der Waals surface area contributed by atoms with Crippen LogP contribution in [0, 0.1) is 0 Å². The van der Waals surface area contributed by atoms with Crippen molar-refractivity contribution in [1.29, 1.82) is 0 Å². The molecule has 3 aromatic heterocycles. The number of fused-ring (bicyclic) bond motifs is 1. The number of H-pyrrole nitrogens is 1. The average molecular weight is 573 g/mol. The van der Waals surface area contributed by atoms with E-state index in [1.807, 2.05) is 4.98 Å². The molecule has 0 saturated carbocycles. The first kappa shape index (κ1) is 27.5. The van der Waals surface area contributed by atoms with Crippen LogP contribution in [0.2, 0.25) is 0 Å². The van der Waals surface area contributed by atoms with Gasteiger partial charge in [0.2, 0.25) is 0 Å². The second-order valence-corrected chi connectivity index (χ2v) is 10.1. The zero-order chi connectivity index (χ0) is 28.1. The molecule has 9 unspecified atom stereocenters. The quantitative estimate of drug-likeness (QED) is 0.128. The summed E-state index contributed by atoms with van der Waals surface area (Å²) in [6, 6.07) is 0.998. The molecule has 5 heterocycles. The number of hydrogen-bond donors (Lipinski definition) is 7. The monoisotopic (exact) mass is 573 g/mol. The van der Waals surface area contributed by atoms with Crippen molar-refractivity contribution in [1.82, 2.24) is 29.1 Å². The van der Waals surface area contributed by atoms with Gasteiger partial charge in [0.25, 0.3) is 5.56 Å². The minimum atomic E-state index is -5.01. The van der Waals surface area contributed by atoms with Crippen LogP contribution in [0.3, 0.4) is 0 Å². The van der Waals surface area contributed by atoms with Gasteiger partial charge in [-0.1, -0.05) is 0 Å². The topological polar surface area (TPSA) is 280 Å². The smallest absolute Gasteiger partial charge is 0.394 e. The number of nitrogens with two attached hydrogens (primary N) is 1. The van der Waals surface area contributed by atoms with E-state index in [1.165, 1.54) is 17.2 Å². The Kier molecular flexibility index (Phi) is 7.37. The van der Waals surface area contributed by atoms with E-state index in [2.05, 4.69) is 15.0 Å². The molecule has 39 heavy (non-hydrogen) atoms. The number of phosphoric ester groups is 1. The highest BCUT2D eigenvalue weighted by molar-refractivity contribution is 7.47. The Hall–Kier alpha value is -3.10. The highest BCUT2D eigenvalue weighted by Crippen LogP contribution is 2.49. The lowest BCUT2D eigenvalue weighted by Gasteiger charge is -2.23. The number of hydrogen-bond acceptors (Lipinski definition) is 15. The van der Waals surface area contributed by atoms with Crippen molar-refractivity contribution in [2.45, 2.75) is 49.1 Å². The molecule has 2 saturated heterocycles. The van der Waals surface area contributed by atoms with E-state index >= 15 is 0 Å². The number of phosphoric acid groups is 1. The molecule has 0 aliphatic carbocycles. The van der Waals surface area contributed by atoms with Crippen LogP contribution in [0.15, 0.2) is 34.5 Å². The van der Waals surface area contributed by atoms with Crippen molar-refractivity contribution in [3.8, 4) is 0 Å². The van der Waals surface area contributed by atoms with Crippen LogP contribution in [0.4, 0.5) is 5.82 Å². The molecule has 0 aromatic carbocycles. The number of ether oxygens (including phenoxy) is 2. The molecule has 2 fully saturated rings. The number of rotatable bonds is 8. The van der Waals surface area contributed by atoms with Crippen molar-refractivity contribution in [2.75, 3.05) is 18.9 Å². The van der Waals surface area contributed by atoms with Crippen molar-refractivity contribution in [3.63, 3.8) is 0 Å². The minimum Gasteiger partial charge on any atom is -0.394 e. The summed E-state index contributed by atoms with van der Waals surface area (Å²) in [6.07, 6.45) is -8.42. The third kappa shape index (κ3) is 5.12. The molecule has 2 aliphatic heterocycles. The second kappa shape index (κ2) is 10.5. The molecule has 2 aliphatic rings. The normalized spacial score (nSPS) is 32.5. The number of imidazole rings is 1. The standard InChI is InChI=1S/C19H24N7O12P/c20-15-10-16(22-5-21-15)26(6-23-10)18-13(31)14(7(3-27)36-18)38-39(33,34)35-4-8-11(29)12(30)17(37-8)25-2-1-9(28)24-19(25)32/h1-2,5-8,11-14,17-18,27,29-31H,3-4H2,(H,33,34)(H2,20,21,22)(H,24,28,32). The molecule has 8 N–H and O–H groups in total. The predicted octanol–water partition coefficient (Wildman–Crippen LogP) is -3.67. The van der Waals surface area contributed by atoms with Gasteiger partial charge in [0, 0.05) is 12.3 Å². The Morgan fingerprint density at radius 1 is 1.05 bits per heavy atom. The first-order chi connectivity index (χ1) is 18.5. The third-order valence-corrected chi connectivity index (χ3v) is 7.26. The lowest BCUT2D eigenvalue weighted by Crippen LogP contribution is -2.37. The lowest BCUT2D eigenvalue weighted by atomic mass is 10.1. The Bertz CT molecular complexity index is 1510. The number of anilines is 1. The lowest BCUT2D eigenvalue weighted by molar-refractivity contribution is -0.0610. The van der Waals surface area contributed by atoms with E-state index in [-0.39, 0.29) is 17.0 Å². The SMILES string of the molecule is Nc1ncnc2c1ncn2C1OC(CO)C(OP(=O)(O)OCC2OC(n3ccc(=O)[nH]c3=O)C(O)C2O)C1O. The predicted molar refractivity (Wildman–Crippen MR) is 125 cm³/mol. The molecule has 20 heteroatoms. The molecule has 212 valence electrons. The average Bonchev–Trinajstić information content (AvgIpc) is 3.53. The third-order valence-electron chi connectivity index (χ3n) is 6.27. The van der Waals surface area contributed by atoms with E-state index in [0.717, 1.165) is 16.8 Å². The molecule has 9 atom stereocenters. The fourth-order valence-electron chi connectivity index (χ4n) is 4.36. The van der Waals surface area contributed by atoms with E-state index in [9.17, 15) is 39.5 Å².